The van der Waals surface area contributed by atoms with Crippen LogP contribution >= 0.6 is 0 Å². The van der Waals surface area contributed by atoms with E-state index in [1.54, 1.807) is 12.1 Å². The first-order chi connectivity index (χ1) is 10.1. The predicted molar refractivity (Wildman–Crippen MR) is 81.3 cm³/mol. The molecule has 22 heavy (non-hydrogen) atoms. The molecule has 0 aliphatic heterocycles. The van der Waals surface area contributed by atoms with Gasteiger partial charge >= 0.3 is 6.18 Å². The maximum atomic E-state index is 13.1. The molecule has 3 nitrogen and oxygen atoms in total. The standard InChI is InChI=1S/C16H19F3N2O/c1-4-15(3,5-2)10-6-7-11-12(16(17,18)19)9-14(22)21(20)13(11)8-10/h6-9H,4-5,20H2,1-3H3. The van der Waals surface area contributed by atoms with Crippen molar-refractivity contribution in [3.63, 3.8) is 0 Å². The normalized spacial score (nSPS) is 12.8. The van der Waals surface area contributed by atoms with Crippen LogP contribution in [0.3, 0.4) is 0 Å². The third-order valence-corrected chi connectivity index (χ3v) is 4.62. The quantitative estimate of drug-likeness (QED) is 0.876. The van der Waals surface area contributed by atoms with E-state index >= 15 is 0 Å². The van der Waals surface area contributed by atoms with E-state index in [1.165, 1.54) is 6.07 Å². The van der Waals surface area contributed by atoms with E-state index in [-0.39, 0.29) is 16.3 Å². The van der Waals surface area contributed by atoms with Gasteiger partial charge in [-0.25, -0.2) is 4.68 Å². The lowest BCUT2D eigenvalue weighted by atomic mass is 9.77. The van der Waals surface area contributed by atoms with Gasteiger partial charge in [0.15, 0.2) is 0 Å². The monoisotopic (exact) mass is 312 g/mol. The van der Waals surface area contributed by atoms with Crippen LogP contribution in [0.15, 0.2) is 29.1 Å². The number of nitrogens with zero attached hydrogens (tertiary/aromatic N) is 1. The molecule has 0 radical (unpaired) electrons. The van der Waals surface area contributed by atoms with Crippen LogP contribution < -0.4 is 11.4 Å². The van der Waals surface area contributed by atoms with Crippen molar-refractivity contribution in [2.75, 3.05) is 5.84 Å². The number of fused-ring (bicyclic) bond motifs is 1. The molecule has 1 aromatic heterocycles. The van der Waals surface area contributed by atoms with Gasteiger partial charge < -0.3 is 5.84 Å². The molecular weight excluding hydrogens is 293 g/mol. The van der Waals surface area contributed by atoms with Crippen LogP contribution in [0.2, 0.25) is 0 Å². The number of nitrogens with two attached hydrogens (primary N) is 1. The summed E-state index contributed by atoms with van der Waals surface area (Å²) >= 11 is 0. The molecular formula is C16H19F3N2O. The van der Waals surface area contributed by atoms with Crippen LogP contribution in [0.1, 0.15) is 44.7 Å². The Kier molecular flexibility index (Phi) is 3.98. The molecule has 0 saturated heterocycles. The van der Waals surface area contributed by atoms with Crippen LogP contribution in [0, 0.1) is 0 Å². The molecule has 0 spiro atoms. The number of rotatable bonds is 3. The van der Waals surface area contributed by atoms with Gasteiger partial charge in [0.2, 0.25) is 0 Å². The third-order valence-electron chi connectivity index (χ3n) is 4.62. The summed E-state index contributed by atoms with van der Waals surface area (Å²) in [6.07, 6.45) is -2.92. The van der Waals surface area contributed by atoms with Crippen molar-refractivity contribution in [1.82, 2.24) is 4.68 Å². The summed E-state index contributed by atoms with van der Waals surface area (Å²) in [4.78, 5) is 11.7. The Hall–Kier alpha value is -1.98. The van der Waals surface area contributed by atoms with E-state index in [9.17, 15) is 18.0 Å². The van der Waals surface area contributed by atoms with Gasteiger partial charge in [0, 0.05) is 11.5 Å². The van der Waals surface area contributed by atoms with Gasteiger partial charge in [-0.3, -0.25) is 4.79 Å². The molecule has 120 valence electrons. The predicted octanol–water partition coefficient (Wildman–Crippen LogP) is 3.81. The average molecular weight is 312 g/mol. The molecule has 0 bridgehead atoms. The largest absolute Gasteiger partial charge is 0.417 e. The molecule has 0 unspecified atom stereocenters. The molecule has 0 atom stereocenters. The summed E-state index contributed by atoms with van der Waals surface area (Å²) in [5.74, 6) is 5.66. The van der Waals surface area contributed by atoms with Crippen molar-refractivity contribution >= 4 is 10.9 Å². The number of alkyl halides is 3. The van der Waals surface area contributed by atoms with Gasteiger partial charge in [-0.05, 0) is 29.9 Å². The minimum atomic E-state index is -4.59. The Balaban J connectivity index is 2.84. The lowest BCUT2D eigenvalue weighted by molar-refractivity contribution is -0.136. The number of nitrogen functional groups attached to an aromatic ring is 1. The second-order valence-corrected chi connectivity index (χ2v) is 5.76. The highest BCUT2D eigenvalue weighted by atomic mass is 19.4. The van der Waals surface area contributed by atoms with Crippen molar-refractivity contribution in [1.29, 1.82) is 0 Å². The molecule has 2 aromatic rings. The smallest absolute Gasteiger partial charge is 0.336 e. The summed E-state index contributed by atoms with van der Waals surface area (Å²) < 4.78 is 40.1. The lowest BCUT2D eigenvalue weighted by Gasteiger charge is -2.28. The topological polar surface area (TPSA) is 48.0 Å². The second-order valence-electron chi connectivity index (χ2n) is 5.76. The zero-order chi connectivity index (χ0) is 16.7. The van der Waals surface area contributed by atoms with Crippen molar-refractivity contribution in [3.05, 3.63) is 45.7 Å². The molecule has 6 heteroatoms. The first-order valence-electron chi connectivity index (χ1n) is 7.16. The summed E-state index contributed by atoms with van der Waals surface area (Å²) in [5.41, 5.74) is -1.01. The Morgan fingerprint density at radius 3 is 2.23 bits per heavy atom. The highest BCUT2D eigenvalue weighted by Crippen LogP contribution is 2.36. The maximum Gasteiger partial charge on any atom is 0.417 e. The van der Waals surface area contributed by atoms with Gasteiger partial charge in [0.1, 0.15) is 0 Å². The molecule has 0 amide bonds. The van der Waals surface area contributed by atoms with Gasteiger partial charge in [0.25, 0.3) is 5.56 Å². The Morgan fingerprint density at radius 2 is 1.73 bits per heavy atom. The van der Waals surface area contributed by atoms with Crippen LogP contribution in [-0.4, -0.2) is 4.68 Å². The Labute approximate surface area is 126 Å². The average Bonchev–Trinajstić information content (AvgIpc) is 2.48. The van der Waals surface area contributed by atoms with E-state index in [1.807, 2.05) is 20.8 Å². The fourth-order valence-electron chi connectivity index (χ4n) is 2.62. The van der Waals surface area contributed by atoms with Gasteiger partial charge in [0.05, 0.1) is 11.1 Å². The molecule has 0 aliphatic rings. The molecule has 0 fully saturated rings. The second kappa shape index (κ2) is 5.34. The number of benzene rings is 1. The first-order valence-corrected chi connectivity index (χ1v) is 7.16. The summed E-state index contributed by atoms with van der Waals surface area (Å²) in [7, 11) is 0. The fraction of sp³-hybridized carbons (Fsp3) is 0.438. The molecule has 2 rings (SSSR count). The zero-order valence-electron chi connectivity index (χ0n) is 12.8. The molecule has 0 saturated carbocycles. The van der Waals surface area contributed by atoms with Crippen LogP contribution in [0.25, 0.3) is 10.9 Å². The number of halogens is 3. The Bertz CT molecular complexity index is 758. The molecule has 2 N–H and O–H groups in total. The van der Waals surface area contributed by atoms with Gasteiger partial charge in [-0.2, -0.15) is 13.2 Å². The SMILES string of the molecule is CCC(C)(CC)c1ccc2c(C(F)(F)F)cc(=O)n(N)c2c1. The van der Waals surface area contributed by atoms with E-state index in [0.29, 0.717) is 6.07 Å². The maximum absolute atomic E-state index is 13.1. The van der Waals surface area contributed by atoms with Crippen LogP contribution in [-0.2, 0) is 11.6 Å². The van der Waals surface area contributed by atoms with Crippen molar-refractivity contribution < 1.29 is 13.2 Å². The summed E-state index contributed by atoms with van der Waals surface area (Å²) in [6.45, 7) is 6.09. The highest BCUT2D eigenvalue weighted by molar-refractivity contribution is 5.84. The van der Waals surface area contributed by atoms with Gasteiger partial charge in [-0.1, -0.05) is 32.9 Å². The number of pyridine rings is 1. The highest BCUT2D eigenvalue weighted by Gasteiger charge is 2.34. The zero-order valence-corrected chi connectivity index (χ0v) is 12.8. The van der Waals surface area contributed by atoms with E-state index in [0.717, 1.165) is 23.1 Å². The van der Waals surface area contributed by atoms with Gasteiger partial charge in [-0.15, -0.1) is 0 Å². The summed E-state index contributed by atoms with van der Waals surface area (Å²) in [6, 6.07) is 5.23. The molecule has 0 aliphatic carbocycles. The molecule has 1 heterocycles. The number of aromatic nitrogens is 1. The fourth-order valence-corrected chi connectivity index (χ4v) is 2.62. The van der Waals surface area contributed by atoms with Crippen molar-refractivity contribution in [3.8, 4) is 0 Å². The minimum absolute atomic E-state index is 0.0621. The number of hydrogen-bond acceptors (Lipinski definition) is 2. The van der Waals surface area contributed by atoms with Crippen molar-refractivity contribution in [2.45, 2.75) is 45.2 Å². The van der Waals surface area contributed by atoms with Crippen LogP contribution in [0.5, 0.6) is 0 Å². The minimum Gasteiger partial charge on any atom is -0.336 e. The van der Waals surface area contributed by atoms with E-state index < -0.39 is 17.3 Å². The van der Waals surface area contributed by atoms with E-state index in [2.05, 4.69) is 0 Å². The first kappa shape index (κ1) is 16.4. The van der Waals surface area contributed by atoms with Crippen molar-refractivity contribution in [2.24, 2.45) is 0 Å². The third kappa shape index (κ3) is 2.58. The van der Waals surface area contributed by atoms with E-state index in [4.69, 9.17) is 5.84 Å². The lowest BCUT2D eigenvalue weighted by Crippen LogP contribution is -2.29. The number of hydrogen-bond donors (Lipinski definition) is 1. The molecule has 1 aromatic carbocycles. The Morgan fingerprint density at radius 1 is 1.14 bits per heavy atom. The van der Waals surface area contributed by atoms with Crippen LogP contribution in [0.4, 0.5) is 13.2 Å². The summed E-state index contributed by atoms with van der Waals surface area (Å²) in [5, 5.41) is -0.0621.